The number of nitrogen functional groups attached to an aromatic ring is 1. The zero-order valence-corrected chi connectivity index (χ0v) is 11.7. The molecule has 0 saturated carbocycles. The summed E-state index contributed by atoms with van der Waals surface area (Å²) in [7, 11) is -3.64. The molecule has 1 aromatic carbocycles. The average molecular weight is 286 g/mol. The third-order valence-electron chi connectivity index (χ3n) is 2.71. The van der Waals surface area contributed by atoms with E-state index in [-0.39, 0.29) is 18.0 Å². The predicted molar refractivity (Wildman–Crippen MR) is 73.1 cm³/mol. The summed E-state index contributed by atoms with van der Waals surface area (Å²) in [5.41, 5.74) is 12.7. The molecule has 6 N–H and O–H groups in total. The molecule has 1 aromatic rings. The standard InChI is InChI=1S/C11H18N4O3S/c1-7-5-9(6-10(12)8(7)2)19(17,18)15-4-3-14-11(13)16/h5-6,15H,3-4,12H2,1-2H3,(H3,13,14,16). The fraction of sp³-hybridized carbons (Fsp3) is 0.364. The van der Waals surface area contributed by atoms with Gasteiger partial charge in [0.2, 0.25) is 10.0 Å². The van der Waals surface area contributed by atoms with E-state index < -0.39 is 16.1 Å². The summed E-state index contributed by atoms with van der Waals surface area (Å²) >= 11 is 0. The highest BCUT2D eigenvalue weighted by molar-refractivity contribution is 7.89. The summed E-state index contributed by atoms with van der Waals surface area (Å²) in [5.74, 6) is 0. The van der Waals surface area contributed by atoms with E-state index in [1.165, 1.54) is 6.07 Å². The lowest BCUT2D eigenvalue weighted by Crippen LogP contribution is -2.37. The molecule has 1 rings (SSSR count). The highest BCUT2D eigenvalue weighted by atomic mass is 32.2. The normalized spacial score (nSPS) is 11.3. The number of carbonyl (C=O) groups is 1. The van der Waals surface area contributed by atoms with Crippen LogP contribution in [0.3, 0.4) is 0 Å². The molecular formula is C11H18N4O3S. The summed E-state index contributed by atoms with van der Waals surface area (Å²) in [6.07, 6.45) is 0. The molecule has 0 spiro atoms. The molecule has 0 aliphatic carbocycles. The maximum atomic E-state index is 12.0. The summed E-state index contributed by atoms with van der Waals surface area (Å²) < 4.78 is 26.3. The van der Waals surface area contributed by atoms with Crippen molar-refractivity contribution >= 4 is 21.7 Å². The van der Waals surface area contributed by atoms with Gasteiger partial charge in [0.05, 0.1) is 4.90 Å². The Bertz CT molecular complexity index is 561. The van der Waals surface area contributed by atoms with Gasteiger partial charge in [-0.1, -0.05) is 0 Å². The van der Waals surface area contributed by atoms with Crippen molar-refractivity contribution in [3.05, 3.63) is 23.3 Å². The first-order valence-corrected chi connectivity index (χ1v) is 7.12. The van der Waals surface area contributed by atoms with Crippen LogP contribution < -0.4 is 21.5 Å². The highest BCUT2D eigenvalue weighted by Gasteiger charge is 2.15. The van der Waals surface area contributed by atoms with Crippen LogP contribution in [0, 0.1) is 13.8 Å². The number of urea groups is 1. The van der Waals surface area contributed by atoms with Crippen molar-refractivity contribution in [2.24, 2.45) is 5.73 Å². The van der Waals surface area contributed by atoms with Crippen LogP contribution in [0.15, 0.2) is 17.0 Å². The van der Waals surface area contributed by atoms with E-state index in [0.717, 1.165) is 11.1 Å². The van der Waals surface area contributed by atoms with E-state index in [0.29, 0.717) is 5.69 Å². The van der Waals surface area contributed by atoms with Crippen molar-refractivity contribution < 1.29 is 13.2 Å². The summed E-state index contributed by atoms with van der Waals surface area (Å²) in [6, 6.07) is 2.26. The van der Waals surface area contributed by atoms with Crippen molar-refractivity contribution in [1.82, 2.24) is 10.0 Å². The smallest absolute Gasteiger partial charge is 0.312 e. The number of anilines is 1. The molecule has 8 heteroatoms. The van der Waals surface area contributed by atoms with Gasteiger partial charge in [0.15, 0.2) is 0 Å². The van der Waals surface area contributed by atoms with Crippen LogP contribution >= 0.6 is 0 Å². The van der Waals surface area contributed by atoms with E-state index in [2.05, 4.69) is 10.0 Å². The number of carbonyl (C=O) groups excluding carboxylic acids is 1. The molecule has 0 bridgehead atoms. The Morgan fingerprint density at radius 2 is 1.89 bits per heavy atom. The van der Waals surface area contributed by atoms with Crippen molar-refractivity contribution in [2.75, 3.05) is 18.8 Å². The largest absolute Gasteiger partial charge is 0.398 e. The SMILES string of the molecule is Cc1cc(S(=O)(=O)NCCNC(N)=O)cc(N)c1C. The van der Waals surface area contributed by atoms with Crippen LogP contribution in [-0.4, -0.2) is 27.5 Å². The Hall–Kier alpha value is -1.80. The van der Waals surface area contributed by atoms with E-state index in [1.54, 1.807) is 13.0 Å². The van der Waals surface area contributed by atoms with Gasteiger partial charge in [-0.3, -0.25) is 0 Å². The second-order valence-corrected chi connectivity index (χ2v) is 5.91. The van der Waals surface area contributed by atoms with E-state index in [9.17, 15) is 13.2 Å². The maximum Gasteiger partial charge on any atom is 0.312 e. The van der Waals surface area contributed by atoms with E-state index in [4.69, 9.17) is 11.5 Å². The highest BCUT2D eigenvalue weighted by Crippen LogP contribution is 2.21. The van der Waals surface area contributed by atoms with E-state index in [1.807, 2.05) is 6.92 Å². The molecule has 0 aliphatic heterocycles. The molecule has 0 heterocycles. The Kier molecular flexibility index (Phi) is 4.73. The van der Waals surface area contributed by atoms with Crippen LogP contribution in [0.1, 0.15) is 11.1 Å². The second kappa shape index (κ2) is 5.89. The van der Waals surface area contributed by atoms with Gasteiger partial charge >= 0.3 is 6.03 Å². The van der Waals surface area contributed by atoms with Crippen molar-refractivity contribution in [1.29, 1.82) is 0 Å². The zero-order chi connectivity index (χ0) is 14.6. The minimum atomic E-state index is -3.64. The van der Waals surface area contributed by atoms with Crippen LogP contribution in [0.25, 0.3) is 0 Å². The second-order valence-electron chi connectivity index (χ2n) is 4.14. The number of rotatable bonds is 5. The molecule has 0 aliphatic rings. The number of hydrogen-bond acceptors (Lipinski definition) is 4. The van der Waals surface area contributed by atoms with Gasteiger partial charge in [0, 0.05) is 18.8 Å². The Balaban J connectivity index is 2.80. The number of nitrogens with two attached hydrogens (primary N) is 2. The number of hydrogen-bond donors (Lipinski definition) is 4. The predicted octanol–water partition coefficient (Wildman–Crippen LogP) is -0.168. The fourth-order valence-electron chi connectivity index (χ4n) is 1.46. The van der Waals surface area contributed by atoms with Crippen molar-refractivity contribution in [3.8, 4) is 0 Å². The van der Waals surface area contributed by atoms with Gasteiger partial charge in [0.25, 0.3) is 0 Å². The van der Waals surface area contributed by atoms with Crippen LogP contribution in [-0.2, 0) is 10.0 Å². The topological polar surface area (TPSA) is 127 Å². The molecular weight excluding hydrogens is 268 g/mol. The first kappa shape index (κ1) is 15.3. The minimum Gasteiger partial charge on any atom is -0.398 e. The van der Waals surface area contributed by atoms with Gasteiger partial charge in [-0.2, -0.15) is 0 Å². The third kappa shape index (κ3) is 4.11. The number of primary amides is 1. The molecule has 0 saturated heterocycles. The molecule has 0 unspecified atom stereocenters. The summed E-state index contributed by atoms with van der Waals surface area (Å²) in [5, 5.41) is 2.29. The van der Waals surface area contributed by atoms with Crippen LogP contribution in [0.5, 0.6) is 0 Å². The zero-order valence-electron chi connectivity index (χ0n) is 10.9. The van der Waals surface area contributed by atoms with Gasteiger partial charge in [0.1, 0.15) is 0 Å². The van der Waals surface area contributed by atoms with Crippen LogP contribution in [0.4, 0.5) is 10.5 Å². The number of aryl methyl sites for hydroxylation is 1. The van der Waals surface area contributed by atoms with Crippen molar-refractivity contribution in [2.45, 2.75) is 18.7 Å². The summed E-state index contributed by atoms with van der Waals surface area (Å²) in [6.45, 7) is 3.79. The first-order valence-electron chi connectivity index (χ1n) is 5.63. The molecule has 0 fully saturated rings. The van der Waals surface area contributed by atoms with Gasteiger partial charge in [-0.05, 0) is 37.1 Å². The minimum absolute atomic E-state index is 0.0537. The number of amides is 2. The molecule has 0 atom stereocenters. The molecule has 7 nitrogen and oxygen atoms in total. The molecule has 0 radical (unpaired) electrons. The molecule has 2 amide bonds. The Morgan fingerprint density at radius 1 is 1.26 bits per heavy atom. The van der Waals surface area contributed by atoms with Gasteiger partial charge < -0.3 is 16.8 Å². The van der Waals surface area contributed by atoms with Crippen molar-refractivity contribution in [3.63, 3.8) is 0 Å². The average Bonchev–Trinajstić information content (AvgIpc) is 2.31. The number of nitrogens with one attached hydrogen (secondary N) is 2. The van der Waals surface area contributed by atoms with Crippen LogP contribution in [0.2, 0.25) is 0 Å². The van der Waals surface area contributed by atoms with E-state index >= 15 is 0 Å². The summed E-state index contributed by atoms with van der Waals surface area (Å²) in [4.78, 5) is 10.5. The quantitative estimate of drug-likeness (QED) is 0.442. The lowest BCUT2D eigenvalue weighted by Gasteiger charge is -2.11. The molecule has 0 aromatic heterocycles. The Labute approximate surface area is 112 Å². The monoisotopic (exact) mass is 286 g/mol. The molecule has 106 valence electrons. The third-order valence-corrected chi connectivity index (χ3v) is 4.15. The fourth-order valence-corrected chi connectivity index (χ4v) is 2.61. The number of sulfonamides is 1. The maximum absolute atomic E-state index is 12.0. The Morgan fingerprint density at radius 3 is 2.42 bits per heavy atom. The van der Waals surface area contributed by atoms with Gasteiger partial charge in [-0.25, -0.2) is 17.9 Å². The lowest BCUT2D eigenvalue weighted by molar-refractivity contribution is 0.249. The first-order chi connectivity index (χ1) is 8.74. The van der Waals surface area contributed by atoms with Gasteiger partial charge in [-0.15, -0.1) is 0 Å². The molecule has 19 heavy (non-hydrogen) atoms. The lowest BCUT2D eigenvalue weighted by atomic mass is 10.1. The number of benzene rings is 1.